The normalized spacial score (nSPS) is 17.8. The summed E-state index contributed by atoms with van der Waals surface area (Å²) in [5, 5.41) is 14.4. The highest BCUT2D eigenvalue weighted by Gasteiger charge is 2.30. The van der Waals surface area contributed by atoms with E-state index in [1.54, 1.807) is 6.07 Å². The summed E-state index contributed by atoms with van der Waals surface area (Å²) in [5.41, 5.74) is 3.05. The number of nitrogens with one attached hydrogen (secondary N) is 1. The van der Waals surface area contributed by atoms with Crippen molar-refractivity contribution >= 4 is 10.9 Å². The SMILES string of the molecule is OCc1cc(-c2ccc(C(F)(F)F)cc2)nc2cccc([C@H]3CCCCN3)c12. The summed E-state index contributed by atoms with van der Waals surface area (Å²) in [7, 11) is 0. The van der Waals surface area contributed by atoms with Crippen molar-refractivity contribution < 1.29 is 18.3 Å². The van der Waals surface area contributed by atoms with Gasteiger partial charge in [-0.25, -0.2) is 4.98 Å². The summed E-state index contributed by atoms with van der Waals surface area (Å²) >= 11 is 0. The molecular formula is C22H21F3N2O. The molecule has 0 unspecified atom stereocenters. The Morgan fingerprint density at radius 3 is 2.50 bits per heavy atom. The number of rotatable bonds is 3. The number of halogens is 3. The Morgan fingerprint density at radius 1 is 1.07 bits per heavy atom. The molecule has 1 aromatic heterocycles. The summed E-state index contributed by atoms with van der Waals surface area (Å²) in [6, 6.07) is 12.8. The summed E-state index contributed by atoms with van der Waals surface area (Å²) in [4.78, 5) is 4.68. The van der Waals surface area contributed by atoms with E-state index < -0.39 is 11.7 Å². The molecule has 0 saturated carbocycles. The second-order valence-corrected chi connectivity index (χ2v) is 7.14. The zero-order valence-electron chi connectivity index (χ0n) is 15.3. The minimum absolute atomic E-state index is 0.156. The van der Waals surface area contributed by atoms with Gasteiger partial charge in [0.1, 0.15) is 0 Å². The number of nitrogens with zero attached hydrogens (tertiary/aromatic N) is 1. The van der Waals surface area contributed by atoms with E-state index in [1.165, 1.54) is 12.1 Å². The minimum atomic E-state index is -4.37. The van der Waals surface area contributed by atoms with Crippen molar-refractivity contribution in [1.82, 2.24) is 10.3 Å². The molecule has 1 aliphatic heterocycles. The van der Waals surface area contributed by atoms with Gasteiger partial charge in [-0.3, -0.25) is 0 Å². The lowest BCUT2D eigenvalue weighted by Gasteiger charge is -2.25. The summed E-state index contributed by atoms with van der Waals surface area (Å²) in [6.45, 7) is 0.808. The van der Waals surface area contributed by atoms with E-state index in [-0.39, 0.29) is 12.6 Å². The molecule has 1 saturated heterocycles. The van der Waals surface area contributed by atoms with Crippen molar-refractivity contribution in [2.45, 2.75) is 38.1 Å². The maximum absolute atomic E-state index is 12.8. The highest BCUT2D eigenvalue weighted by molar-refractivity contribution is 5.88. The molecule has 28 heavy (non-hydrogen) atoms. The van der Waals surface area contributed by atoms with E-state index in [0.717, 1.165) is 60.0 Å². The van der Waals surface area contributed by atoms with Crippen LogP contribution in [0.4, 0.5) is 13.2 Å². The first-order valence-electron chi connectivity index (χ1n) is 9.42. The van der Waals surface area contributed by atoms with Crippen molar-refractivity contribution in [3.8, 4) is 11.3 Å². The van der Waals surface area contributed by atoms with Gasteiger partial charge in [-0.1, -0.05) is 30.7 Å². The lowest BCUT2D eigenvalue weighted by atomic mass is 9.91. The molecule has 2 heterocycles. The van der Waals surface area contributed by atoms with Crippen LogP contribution in [0.5, 0.6) is 0 Å². The highest BCUT2D eigenvalue weighted by atomic mass is 19.4. The van der Waals surface area contributed by atoms with Gasteiger partial charge in [-0.2, -0.15) is 13.2 Å². The van der Waals surface area contributed by atoms with Crippen LogP contribution in [0.15, 0.2) is 48.5 Å². The maximum Gasteiger partial charge on any atom is 0.416 e. The summed E-state index contributed by atoms with van der Waals surface area (Å²) in [6.07, 6.45) is -1.03. The van der Waals surface area contributed by atoms with Crippen LogP contribution in [-0.4, -0.2) is 16.6 Å². The number of aromatic nitrogens is 1. The average Bonchev–Trinajstić information content (AvgIpc) is 2.72. The Bertz CT molecular complexity index is 977. The van der Waals surface area contributed by atoms with Crippen molar-refractivity contribution in [3.63, 3.8) is 0 Å². The van der Waals surface area contributed by atoms with E-state index >= 15 is 0 Å². The Morgan fingerprint density at radius 2 is 1.86 bits per heavy atom. The van der Waals surface area contributed by atoms with Gasteiger partial charge in [0, 0.05) is 17.0 Å². The van der Waals surface area contributed by atoms with Gasteiger partial charge in [0.05, 0.1) is 23.4 Å². The Hall–Kier alpha value is -2.44. The van der Waals surface area contributed by atoms with Crippen LogP contribution in [-0.2, 0) is 12.8 Å². The van der Waals surface area contributed by atoms with Crippen molar-refractivity contribution in [2.75, 3.05) is 6.54 Å². The number of aliphatic hydroxyl groups is 1. The lowest BCUT2D eigenvalue weighted by Crippen LogP contribution is -2.27. The molecule has 1 aliphatic rings. The molecule has 2 aromatic carbocycles. The average molecular weight is 386 g/mol. The van der Waals surface area contributed by atoms with Crippen LogP contribution in [0.25, 0.3) is 22.2 Å². The molecule has 0 spiro atoms. The number of pyridine rings is 1. The third-order valence-corrected chi connectivity index (χ3v) is 5.31. The van der Waals surface area contributed by atoms with Gasteiger partial charge in [-0.05, 0) is 54.8 Å². The zero-order chi connectivity index (χ0) is 19.7. The Balaban J connectivity index is 1.79. The third-order valence-electron chi connectivity index (χ3n) is 5.31. The summed E-state index contributed by atoms with van der Waals surface area (Å²) in [5.74, 6) is 0. The van der Waals surface area contributed by atoms with Crippen molar-refractivity contribution in [3.05, 3.63) is 65.2 Å². The predicted molar refractivity (Wildman–Crippen MR) is 103 cm³/mol. The molecule has 146 valence electrons. The Kier molecular flexibility index (Phi) is 5.08. The van der Waals surface area contributed by atoms with Gasteiger partial charge < -0.3 is 10.4 Å². The van der Waals surface area contributed by atoms with Crippen LogP contribution in [0.3, 0.4) is 0 Å². The smallest absolute Gasteiger partial charge is 0.392 e. The molecule has 3 aromatic rings. The van der Waals surface area contributed by atoms with E-state index in [1.807, 2.05) is 12.1 Å². The first-order valence-corrected chi connectivity index (χ1v) is 9.42. The lowest BCUT2D eigenvalue weighted by molar-refractivity contribution is -0.137. The fraction of sp³-hybridized carbons (Fsp3) is 0.318. The van der Waals surface area contributed by atoms with Crippen molar-refractivity contribution in [1.29, 1.82) is 0 Å². The van der Waals surface area contributed by atoms with Gasteiger partial charge in [0.25, 0.3) is 0 Å². The monoisotopic (exact) mass is 386 g/mol. The van der Waals surface area contributed by atoms with Gasteiger partial charge in [0.15, 0.2) is 0 Å². The topological polar surface area (TPSA) is 45.2 Å². The van der Waals surface area contributed by atoms with Crippen LogP contribution >= 0.6 is 0 Å². The van der Waals surface area contributed by atoms with Crippen LogP contribution in [0.1, 0.15) is 42.0 Å². The number of fused-ring (bicyclic) bond motifs is 1. The molecule has 0 bridgehead atoms. The van der Waals surface area contributed by atoms with Crippen LogP contribution in [0.2, 0.25) is 0 Å². The molecule has 0 aliphatic carbocycles. The molecule has 0 amide bonds. The van der Waals surface area contributed by atoms with E-state index in [2.05, 4.69) is 16.4 Å². The van der Waals surface area contributed by atoms with Crippen LogP contribution < -0.4 is 5.32 Å². The maximum atomic E-state index is 12.8. The number of hydrogen-bond acceptors (Lipinski definition) is 3. The largest absolute Gasteiger partial charge is 0.416 e. The van der Waals surface area contributed by atoms with Gasteiger partial charge in [0.2, 0.25) is 0 Å². The van der Waals surface area contributed by atoms with Gasteiger partial charge >= 0.3 is 6.18 Å². The fourth-order valence-electron chi connectivity index (χ4n) is 3.91. The molecular weight excluding hydrogens is 365 g/mol. The molecule has 2 N–H and O–H groups in total. The molecule has 1 atom stereocenters. The minimum Gasteiger partial charge on any atom is -0.392 e. The molecule has 3 nitrogen and oxygen atoms in total. The predicted octanol–water partition coefficient (Wildman–Crippen LogP) is 5.23. The molecule has 1 fully saturated rings. The zero-order valence-corrected chi connectivity index (χ0v) is 15.3. The highest BCUT2D eigenvalue weighted by Crippen LogP contribution is 2.34. The fourth-order valence-corrected chi connectivity index (χ4v) is 3.91. The summed E-state index contributed by atoms with van der Waals surface area (Å²) < 4.78 is 38.4. The number of alkyl halides is 3. The number of aliphatic hydroxyl groups excluding tert-OH is 1. The second-order valence-electron chi connectivity index (χ2n) is 7.14. The van der Waals surface area contributed by atoms with Gasteiger partial charge in [-0.15, -0.1) is 0 Å². The second kappa shape index (κ2) is 7.53. The number of benzene rings is 2. The Labute approximate surface area is 161 Å². The number of hydrogen-bond donors (Lipinski definition) is 2. The van der Waals surface area contributed by atoms with E-state index in [9.17, 15) is 18.3 Å². The van der Waals surface area contributed by atoms with E-state index in [0.29, 0.717) is 11.3 Å². The first-order chi connectivity index (χ1) is 13.5. The molecule has 6 heteroatoms. The first kappa shape index (κ1) is 18.9. The molecule has 4 rings (SSSR count). The van der Waals surface area contributed by atoms with Crippen LogP contribution in [0, 0.1) is 0 Å². The standard InChI is InChI=1S/C22H21F3N2O/c23-22(24,25)16-9-7-14(8-10-16)20-12-15(13-28)21-17(4-3-6-19(21)27-20)18-5-1-2-11-26-18/h3-4,6-10,12,18,26,28H,1-2,5,11,13H2/t18-/m1/s1. The third kappa shape index (κ3) is 3.62. The number of piperidine rings is 1. The van der Waals surface area contributed by atoms with E-state index in [4.69, 9.17) is 0 Å². The van der Waals surface area contributed by atoms with Crippen molar-refractivity contribution in [2.24, 2.45) is 0 Å². The quantitative estimate of drug-likeness (QED) is 0.648. The molecule has 0 radical (unpaired) electrons.